The van der Waals surface area contributed by atoms with E-state index in [1.165, 1.54) is 11.1 Å². The minimum absolute atomic E-state index is 0.217. The molecule has 0 saturated heterocycles. The molecule has 1 aromatic carbocycles. The molecule has 0 spiro atoms. The molecule has 2 N–H and O–H groups in total. The van der Waals surface area contributed by atoms with Crippen molar-refractivity contribution in [1.29, 1.82) is 0 Å². The number of allylic oxidation sites excluding steroid dienone is 4. The van der Waals surface area contributed by atoms with Gasteiger partial charge in [-0.15, -0.1) is 0 Å². The van der Waals surface area contributed by atoms with Crippen LogP contribution in [0.15, 0.2) is 59.8 Å². The van der Waals surface area contributed by atoms with E-state index in [9.17, 15) is 4.39 Å². The summed E-state index contributed by atoms with van der Waals surface area (Å²) in [5.74, 6) is 6.15. The summed E-state index contributed by atoms with van der Waals surface area (Å²) < 4.78 is 17.8. The Balaban J connectivity index is 3.16. The van der Waals surface area contributed by atoms with Crippen molar-refractivity contribution in [3.63, 3.8) is 0 Å². The minimum Gasteiger partial charge on any atom is -0.363 e. The zero-order valence-electron chi connectivity index (χ0n) is 13.0. The summed E-state index contributed by atoms with van der Waals surface area (Å²) in [7, 11) is 1.55. The molecule has 0 bridgehead atoms. The Kier molecular flexibility index (Phi) is 7.81. The molecular weight excluding hydrogens is 281 g/mol. The molecule has 0 aromatic heterocycles. The fourth-order valence-electron chi connectivity index (χ4n) is 1.88. The van der Waals surface area contributed by atoms with E-state index < -0.39 is 6.67 Å². The van der Waals surface area contributed by atoms with Crippen molar-refractivity contribution in [2.45, 2.75) is 6.92 Å². The summed E-state index contributed by atoms with van der Waals surface area (Å²) in [5.41, 5.74) is 3.03. The second kappa shape index (κ2) is 9.65. The normalized spacial score (nSPS) is 12.7. The lowest BCUT2D eigenvalue weighted by Crippen LogP contribution is -2.29. The van der Waals surface area contributed by atoms with Crippen LogP contribution in [0.5, 0.6) is 0 Å². The summed E-state index contributed by atoms with van der Waals surface area (Å²) in [4.78, 5) is 4.08. The summed E-state index contributed by atoms with van der Waals surface area (Å²) >= 11 is 0. The largest absolute Gasteiger partial charge is 0.363 e. The zero-order valence-corrected chi connectivity index (χ0v) is 13.0. The van der Waals surface area contributed by atoms with Crippen LogP contribution >= 0.6 is 0 Å². The number of hydrogen-bond acceptors (Lipinski definition) is 4. The Bertz CT molecular complexity index is 579. The van der Waals surface area contributed by atoms with E-state index in [2.05, 4.69) is 11.6 Å². The maximum Gasteiger partial charge on any atom is 0.137 e. The summed E-state index contributed by atoms with van der Waals surface area (Å²) in [6.07, 6.45) is 6.28. The van der Waals surface area contributed by atoms with Gasteiger partial charge in [-0.05, 0) is 30.7 Å². The molecule has 0 fully saturated rings. The molecule has 0 amide bonds. The molecule has 1 aromatic rings. The van der Waals surface area contributed by atoms with Crippen molar-refractivity contribution in [3.8, 4) is 0 Å². The standard InChI is InChI=1S/C17H22FN3O/c1-4-6-16(12-20-13-22-3)21(19)17(9-10-18)15-8-5-7-14(2)11-15/h4-9,11-12H,1,10,13,19H2,2-3H3/b16-6+,17-9-,20-12-. The predicted molar refractivity (Wildman–Crippen MR) is 89.8 cm³/mol. The number of hydrazine groups is 1. The summed E-state index contributed by atoms with van der Waals surface area (Å²) in [6.45, 7) is 5.23. The summed E-state index contributed by atoms with van der Waals surface area (Å²) in [5, 5.41) is 1.38. The van der Waals surface area contributed by atoms with Crippen molar-refractivity contribution < 1.29 is 9.13 Å². The second-order valence-electron chi connectivity index (χ2n) is 4.54. The quantitative estimate of drug-likeness (QED) is 0.347. The van der Waals surface area contributed by atoms with Crippen LogP contribution in [0.2, 0.25) is 0 Å². The van der Waals surface area contributed by atoms with Gasteiger partial charge >= 0.3 is 0 Å². The topological polar surface area (TPSA) is 50.8 Å². The van der Waals surface area contributed by atoms with E-state index in [0.29, 0.717) is 11.4 Å². The number of aryl methyl sites for hydroxylation is 1. The lowest BCUT2D eigenvalue weighted by Gasteiger charge is -2.23. The van der Waals surface area contributed by atoms with Crippen LogP contribution in [0.1, 0.15) is 11.1 Å². The van der Waals surface area contributed by atoms with Crippen molar-refractivity contribution in [2.75, 3.05) is 20.5 Å². The van der Waals surface area contributed by atoms with Crippen molar-refractivity contribution in [1.82, 2.24) is 5.01 Å². The average molecular weight is 303 g/mol. The highest BCUT2D eigenvalue weighted by molar-refractivity contribution is 5.82. The first-order valence-electron chi connectivity index (χ1n) is 6.83. The van der Waals surface area contributed by atoms with Gasteiger partial charge in [0.2, 0.25) is 0 Å². The molecule has 0 saturated carbocycles. The fourth-order valence-corrected chi connectivity index (χ4v) is 1.88. The number of methoxy groups -OCH3 is 1. The van der Waals surface area contributed by atoms with Gasteiger partial charge in [-0.1, -0.05) is 36.4 Å². The lowest BCUT2D eigenvalue weighted by atomic mass is 10.1. The molecule has 5 heteroatoms. The van der Waals surface area contributed by atoms with E-state index in [1.807, 2.05) is 31.2 Å². The van der Waals surface area contributed by atoms with Crippen LogP contribution < -0.4 is 5.84 Å². The molecule has 0 aliphatic carbocycles. The van der Waals surface area contributed by atoms with Crippen LogP contribution in [-0.4, -0.2) is 31.7 Å². The van der Waals surface area contributed by atoms with E-state index in [-0.39, 0.29) is 6.73 Å². The van der Waals surface area contributed by atoms with Gasteiger partial charge in [0.05, 0.1) is 11.4 Å². The number of alkyl halides is 1. The van der Waals surface area contributed by atoms with Crippen molar-refractivity contribution in [3.05, 3.63) is 65.9 Å². The number of aliphatic imine (C=N–C) groups is 1. The second-order valence-corrected chi connectivity index (χ2v) is 4.54. The monoisotopic (exact) mass is 303 g/mol. The molecular formula is C17H22FN3O. The molecule has 0 aliphatic rings. The highest BCUT2D eigenvalue weighted by Gasteiger charge is 2.11. The van der Waals surface area contributed by atoms with Gasteiger partial charge < -0.3 is 4.74 Å². The Morgan fingerprint density at radius 3 is 2.86 bits per heavy atom. The van der Waals surface area contributed by atoms with Gasteiger partial charge in [0.1, 0.15) is 13.4 Å². The maximum atomic E-state index is 12.9. The van der Waals surface area contributed by atoms with E-state index in [0.717, 1.165) is 11.1 Å². The van der Waals surface area contributed by atoms with Gasteiger partial charge in [-0.2, -0.15) is 0 Å². The molecule has 0 aliphatic heterocycles. The molecule has 0 atom stereocenters. The Labute approximate surface area is 131 Å². The molecule has 0 radical (unpaired) electrons. The van der Waals surface area contributed by atoms with E-state index >= 15 is 0 Å². The first kappa shape index (κ1) is 17.8. The predicted octanol–water partition coefficient (Wildman–Crippen LogP) is 3.23. The third kappa shape index (κ3) is 5.27. The third-order valence-electron chi connectivity index (χ3n) is 2.84. The number of nitrogens with zero attached hydrogens (tertiary/aromatic N) is 2. The van der Waals surface area contributed by atoms with Gasteiger partial charge in [0, 0.05) is 13.3 Å². The smallest absolute Gasteiger partial charge is 0.137 e. The summed E-state index contributed by atoms with van der Waals surface area (Å²) in [6, 6.07) is 7.70. The highest BCUT2D eigenvalue weighted by Crippen LogP contribution is 2.21. The zero-order chi connectivity index (χ0) is 16.4. The van der Waals surface area contributed by atoms with Crippen LogP contribution in [0.25, 0.3) is 5.70 Å². The number of ether oxygens (including phenoxy) is 1. The molecule has 1 rings (SSSR count). The van der Waals surface area contributed by atoms with Crippen molar-refractivity contribution >= 4 is 11.9 Å². The maximum absolute atomic E-state index is 12.9. The van der Waals surface area contributed by atoms with E-state index in [4.69, 9.17) is 10.6 Å². The van der Waals surface area contributed by atoms with Gasteiger partial charge in [0.25, 0.3) is 0 Å². The SMILES string of the molecule is C=C/C=C(\C=N/COC)N(N)/C(=C\CF)c1cccc(C)c1. The molecule has 4 nitrogen and oxygen atoms in total. The van der Waals surface area contributed by atoms with Crippen LogP contribution in [0.4, 0.5) is 4.39 Å². The van der Waals surface area contributed by atoms with Crippen molar-refractivity contribution in [2.24, 2.45) is 10.8 Å². The van der Waals surface area contributed by atoms with Crippen LogP contribution in [0, 0.1) is 6.92 Å². The first-order valence-corrected chi connectivity index (χ1v) is 6.83. The molecule has 118 valence electrons. The van der Waals surface area contributed by atoms with E-state index in [1.54, 1.807) is 25.5 Å². The molecule has 0 unspecified atom stereocenters. The average Bonchev–Trinajstić information content (AvgIpc) is 2.51. The number of nitrogens with two attached hydrogens (primary N) is 1. The van der Waals surface area contributed by atoms with Gasteiger partial charge in [-0.3, -0.25) is 10.0 Å². The Morgan fingerprint density at radius 2 is 2.27 bits per heavy atom. The lowest BCUT2D eigenvalue weighted by molar-refractivity contribution is 0.209. The van der Waals surface area contributed by atoms with Crippen LogP contribution in [0.3, 0.4) is 0 Å². The number of benzene rings is 1. The third-order valence-corrected chi connectivity index (χ3v) is 2.84. The Morgan fingerprint density at radius 1 is 1.50 bits per heavy atom. The minimum atomic E-state index is -0.618. The molecule has 22 heavy (non-hydrogen) atoms. The molecule has 0 heterocycles. The number of hydrogen-bond donors (Lipinski definition) is 1. The van der Waals surface area contributed by atoms with Gasteiger partial charge in [-0.25, -0.2) is 10.2 Å². The number of halogens is 1. The number of rotatable bonds is 8. The Hall–Kier alpha value is -2.24. The highest BCUT2D eigenvalue weighted by atomic mass is 19.1. The fraction of sp³-hybridized carbons (Fsp3) is 0.235. The first-order chi connectivity index (χ1) is 10.6. The van der Waals surface area contributed by atoms with Gasteiger partial charge in [0.15, 0.2) is 0 Å². The van der Waals surface area contributed by atoms with Crippen LogP contribution in [-0.2, 0) is 4.74 Å².